The van der Waals surface area contributed by atoms with E-state index in [9.17, 15) is 4.79 Å². The number of benzene rings is 1. The molecule has 5 nitrogen and oxygen atoms in total. The first-order valence-corrected chi connectivity index (χ1v) is 6.84. The van der Waals surface area contributed by atoms with Crippen LogP contribution < -0.4 is 5.32 Å². The number of carbonyl (C=O) groups is 1. The molecule has 20 heavy (non-hydrogen) atoms. The molecule has 0 aliphatic carbocycles. The molecule has 1 amide bonds. The summed E-state index contributed by atoms with van der Waals surface area (Å²) in [6.45, 7) is 2.04. The lowest BCUT2D eigenvalue weighted by atomic mass is 10.1. The van der Waals surface area contributed by atoms with Crippen molar-refractivity contribution < 1.29 is 9.32 Å². The van der Waals surface area contributed by atoms with E-state index >= 15 is 0 Å². The fraction of sp³-hybridized carbons (Fsp3) is 0.0714. The van der Waals surface area contributed by atoms with Gasteiger partial charge in [0.15, 0.2) is 10.8 Å². The Morgan fingerprint density at radius 1 is 1.25 bits per heavy atom. The average Bonchev–Trinajstić information content (AvgIpc) is 3.10. The van der Waals surface area contributed by atoms with Gasteiger partial charge in [-0.1, -0.05) is 35.0 Å². The summed E-state index contributed by atoms with van der Waals surface area (Å²) in [7, 11) is 0. The summed E-state index contributed by atoms with van der Waals surface area (Å²) >= 11 is 1.37. The zero-order valence-electron chi connectivity index (χ0n) is 10.7. The van der Waals surface area contributed by atoms with Gasteiger partial charge < -0.3 is 4.52 Å². The highest BCUT2D eigenvalue weighted by Crippen LogP contribution is 2.25. The second kappa shape index (κ2) is 5.26. The van der Waals surface area contributed by atoms with E-state index in [1.807, 2.05) is 36.6 Å². The lowest BCUT2D eigenvalue weighted by Gasteiger charge is -1.98. The maximum atomic E-state index is 11.8. The highest BCUT2D eigenvalue weighted by molar-refractivity contribution is 7.14. The average molecular weight is 285 g/mol. The molecule has 0 unspecified atom stereocenters. The van der Waals surface area contributed by atoms with Gasteiger partial charge in [0.05, 0.1) is 5.69 Å². The van der Waals surface area contributed by atoms with E-state index in [4.69, 9.17) is 0 Å². The molecule has 0 saturated carbocycles. The number of amides is 1. The van der Waals surface area contributed by atoms with Gasteiger partial charge in [-0.3, -0.25) is 10.1 Å². The van der Waals surface area contributed by atoms with E-state index < -0.39 is 0 Å². The Balaban J connectivity index is 1.77. The van der Waals surface area contributed by atoms with Crippen molar-refractivity contribution in [2.45, 2.75) is 6.92 Å². The van der Waals surface area contributed by atoms with Gasteiger partial charge in [-0.25, -0.2) is 4.98 Å². The van der Waals surface area contributed by atoms with Gasteiger partial charge in [0.1, 0.15) is 6.26 Å². The molecule has 6 heteroatoms. The van der Waals surface area contributed by atoms with Crippen LogP contribution in [0, 0.1) is 6.92 Å². The van der Waals surface area contributed by atoms with Crippen LogP contribution in [0.4, 0.5) is 5.13 Å². The Morgan fingerprint density at radius 2 is 2.05 bits per heavy atom. The first-order chi connectivity index (χ1) is 9.72. The summed E-state index contributed by atoms with van der Waals surface area (Å²) in [6, 6.07) is 9.58. The van der Waals surface area contributed by atoms with Crippen LogP contribution in [0.15, 0.2) is 46.5 Å². The number of nitrogens with zero attached hydrogens (tertiary/aromatic N) is 2. The van der Waals surface area contributed by atoms with E-state index in [1.165, 1.54) is 29.2 Å². The normalized spacial score (nSPS) is 10.4. The standard InChI is InChI=1S/C14H11N3O2S/c1-9-2-4-10(5-3-9)12-8-20-14(15-12)16-13(18)11-6-7-19-17-11/h2-8H,1H3,(H,15,16,18). The molecule has 3 aromatic rings. The van der Waals surface area contributed by atoms with Gasteiger partial charge in [-0.2, -0.15) is 0 Å². The SMILES string of the molecule is Cc1ccc(-c2csc(NC(=O)c3ccon3)n2)cc1. The third-order valence-electron chi connectivity index (χ3n) is 2.74. The smallest absolute Gasteiger partial charge is 0.279 e. The van der Waals surface area contributed by atoms with Gasteiger partial charge in [-0.15, -0.1) is 11.3 Å². The molecule has 0 atom stereocenters. The summed E-state index contributed by atoms with van der Waals surface area (Å²) in [5.74, 6) is -0.330. The zero-order valence-corrected chi connectivity index (χ0v) is 11.5. The molecule has 0 aliphatic heterocycles. The van der Waals surface area contributed by atoms with E-state index in [-0.39, 0.29) is 11.6 Å². The molecule has 100 valence electrons. The van der Waals surface area contributed by atoms with Crippen LogP contribution in [0.2, 0.25) is 0 Å². The topological polar surface area (TPSA) is 68.0 Å². The Kier molecular flexibility index (Phi) is 3.30. The molecular weight excluding hydrogens is 274 g/mol. The summed E-state index contributed by atoms with van der Waals surface area (Å²) < 4.78 is 4.63. The molecule has 1 N–H and O–H groups in total. The van der Waals surface area contributed by atoms with Gasteiger partial charge in [0.25, 0.3) is 5.91 Å². The van der Waals surface area contributed by atoms with Crippen molar-refractivity contribution in [2.75, 3.05) is 5.32 Å². The number of rotatable bonds is 3. The Hall–Kier alpha value is -2.47. The van der Waals surface area contributed by atoms with E-state index in [2.05, 4.69) is 20.0 Å². The van der Waals surface area contributed by atoms with Crippen molar-refractivity contribution in [3.8, 4) is 11.3 Å². The molecule has 0 spiro atoms. The van der Waals surface area contributed by atoms with Crippen LogP contribution >= 0.6 is 11.3 Å². The fourth-order valence-corrected chi connectivity index (χ4v) is 2.39. The van der Waals surface area contributed by atoms with Gasteiger partial charge in [0.2, 0.25) is 0 Å². The van der Waals surface area contributed by atoms with Crippen LogP contribution in [0.5, 0.6) is 0 Å². The van der Waals surface area contributed by atoms with Gasteiger partial charge in [-0.05, 0) is 6.92 Å². The lowest BCUT2D eigenvalue weighted by Crippen LogP contribution is -2.11. The number of nitrogens with one attached hydrogen (secondary N) is 1. The second-order valence-corrected chi connectivity index (χ2v) is 5.10. The molecule has 0 aliphatic rings. The molecule has 0 fully saturated rings. The van der Waals surface area contributed by atoms with Crippen LogP contribution in [0.1, 0.15) is 16.1 Å². The molecular formula is C14H11N3O2S. The van der Waals surface area contributed by atoms with Crippen LogP contribution in [-0.2, 0) is 0 Å². The quantitative estimate of drug-likeness (QED) is 0.801. The predicted molar refractivity (Wildman–Crippen MR) is 76.7 cm³/mol. The van der Waals surface area contributed by atoms with Crippen molar-refractivity contribution in [3.63, 3.8) is 0 Å². The highest BCUT2D eigenvalue weighted by Gasteiger charge is 2.12. The number of aryl methyl sites for hydroxylation is 1. The van der Waals surface area contributed by atoms with E-state index in [0.29, 0.717) is 5.13 Å². The maximum absolute atomic E-state index is 11.8. The van der Waals surface area contributed by atoms with Crippen LogP contribution in [-0.4, -0.2) is 16.0 Å². The van der Waals surface area contributed by atoms with Gasteiger partial charge >= 0.3 is 0 Å². The molecule has 2 heterocycles. The lowest BCUT2D eigenvalue weighted by molar-refractivity contribution is 0.101. The number of hydrogen-bond acceptors (Lipinski definition) is 5. The largest absolute Gasteiger partial charge is 0.364 e. The second-order valence-electron chi connectivity index (χ2n) is 4.24. The predicted octanol–water partition coefficient (Wildman–Crippen LogP) is 3.36. The van der Waals surface area contributed by atoms with E-state index in [1.54, 1.807) is 0 Å². The first-order valence-electron chi connectivity index (χ1n) is 5.97. The van der Waals surface area contributed by atoms with Crippen molar-refractivity contribution >= 4 is 22.4 Å². The summed E-state index contributed by atoms with van der Waals surface area (Å²) in [5, 5.41) is 8.71. The van der Waals surface area contributed by atoms with Crippen LogP contribution in [0.25, 0.3) is 11.3 Å². The monoisotopic (exact) mass is 285 g/mol. The molecule has 3 rings (SSSR count). The zero-order chi connectivity index (χ0) is 13.9. The molecule has 0 saturated heterocycles. The fourth-order valence-electron chi connectivity index (χ4n) is 1.68. The minimum Gasteiger partial charge on any atom is -0.364 e. The molecule has 2 aromatic heterocycles. The maximum Gasteiger partial charge on any atom is 0.279 e. The Labute approximate surface area is 119 Å². The van der Waals surface area contributed by atoms with E-state index in [0.717, 1.165) is 11.3 Å². The highest BCUT2D eigenvalue weighted by atomic mass is 32.1. The minimum atomic E-state index is -0.330. The first kappa shape index (κ1) is 12.6. The molecule has 1 aromatic carbocycles. The van der Waals surface area contributed by atoms with Crippen molar-refractivity contribution in [3.05, 3.63) is 53.2 Å². The van der Waals surface area contributed by atoms with Gasteiger partial charge in [0, 0.05) is 17.0 Å². The summed E-state index contributed by atoms with van der Waals surface area (Å²) in [4.78, 5) is 16.2. The third kappa shape index (κ3) is 2.60. The Bertz CT molecular complexity index is 717. The Morgan fingerprint density at radius 3 is 2.75 bits per heavy atom. The number of thiazole rings is 1. The number of anilines is 1. The summed E-state index contributed by atoms with van der Waals surface area (Å²) in [5.41, 5.74) is 3.29. The third-order valence-corrected chi connectivity index (χ3v) is 3.50. The number of aromatic nitrogens is 2. The summed E-state index contributed by atoms with van der Waals surface area (Å²) in [6.07, 6.45) is 1.36. The van der Waals surface area contributed by atoms with Crippen LogP contribution in [0.3, 0.4) is 0 Å². The number of hydrogen-bond donors (Lipinski definition) is 1. The van der Waals surface area contributed by atoms with Crippen molar-refractivity contribution in [1.82, 2.24) is 10.1 Å². The number of carbonyl (C=O) groups excluding carboxylic acids is 1. The molecule has 0 bridgehead atoms. The van der Waals surface area contributed by atoms with Crippen molar-refractivity contribution in [2.24, 2.45) is 0 Å². The van der Waals surface area contributed by atoms with Crippen molar-refractivity contribution in [1.29, 1.82) is 0 Å². The molecule has 0 radical (unpaired) electrons. The minimum absolute atomic E-state index is 0.233.